The minimum Gasteiger partial charge on any atom is -0.0617 e. The van der Waals surface area contributed by atoms with Crippen LogP contribution in [0.3, 0.4) is 0 Å². The van der Waals surface area contributed by atoms with E-state index < -0.39 is 0 Å². The van der Waals surface area contributed by atoms with E-state index in [4.69, 9.17) is 0 Å². The van der Waals surface area contributed by atoms with Crippen LogP contribution in [0, 0.1) is 16.7 Å². The zero-order valence-electron chi connectivity index (χ0n) is 12.5. The largest absolute Gasteiger partial charge is 0.0617 e. The van der Waals surface area contributed by atoms with Crippen molar-refractivity contribution in [3.63, 3.8) is 0 Å². The normalized spacial score (nSPS) is 53.2. The molecule has 0 aromatic heterocycles. The van der Waals surface area contributed by atoms with E-state index in [0.29, 0.717) is 10.8 Å². The third kappa shape index (κ3) is 0.869. The van der Waals surface area contributed by atoms with Gasteiger partial charge in [0.25, 0.3) is 0 Å². The molecule has 4 fully saturated rings. The average Bonchev–Trinajstić information content (AvgIpc) is 2.94. The van der Waals surface area contributed by atoms with Crippen molar-refractivity contribution in [1.29, 1.82) is 0 Å². The van der Waals surface area contributed by atoms with Crippen molar-refractivity contribution in [2.75, 3.05) is 0 Å². The van der Waals surface area contributed by atoms with Crippen molar-refractivity contribution in [2.24, 2.45) is 16.7 Å². The Morgan fingerprint density at radius 1 is 1.05 bits per heavy atom. The summed E-state index contributed by atoms with van der Waals surface area (Å²) in [6.07, 6.45) is 12.0. The lowest BCUT2D eigenvalue weighted by atomic mass is 9.45. The molecule has 5 atom stereocenters. The van der Waals surface area contributed by atoms with E-state index in [1.54, 1.807) is 18.4 Å². The van der Waals surface area contributed by atoms with E-state index in [9.17, 15) is 0 Å². The summed E-state index contributed by atoms with van der Waals surface area (Å²) in [5.74, 6) is 1.97. The molecule has 5 aliphatic rings. The fourth-order valence-corrected chi connectivity index (χ4v) is 8.18. The molecule has 0 radical (unpaired) electrons. The SMILES string of the molecule is C[C@]12CCC3c4c5cccc4[C@@]4(CC[C@@]1(C4)C3CC5)C2. The van der Waals surface area contributed by atoms with Gasteiger partial charge in [-0.2, -0.15) is 0 Å². The highest BCUT2D eigenvalue weighted by Gasteiger charge is 2.72. The van der Waals surface area contributed by atoms with Crippen LogP contribution in [-0.4, -0.2) is 0 Å². The molecule has 104 valence electrons. The van der Waals surface area contributed by atoms with Gasteiger partial charge in [0.05, 0.1) is 0 Å². The predicted octanol–water partition coefficient (Wildman–Crippen LogP) is 4.96. The van der Waals surface area contributed by atoms with Gasteiger partial charge in [-0.15, -0.1) is 0 Å². The van der Waals surface area contributed by atoms with Gasteiger partial charge in [-0.3, -0.25) is 0 Å². The maximum atomic E-state index is 2.67. The molecule has 1 aromatic rings. The molecule has 1 spiro atoms. The molecule has 2 bridgehead atoms. The van der Waals surface area contributed by atoms with Crippen molar-refractivity contribution >= 4 is 0 Å². The lowest BCUT2D eigenvalue weighted by Gasteiger charge is -2.60. The summed E-state index contributed by atoms with van der Waals surface area (Å²) in [4.78, 5) is 0. The van der Waals surface area contributed by atoms with E-state index >= 15 is 0 Å². The van der Waals surface area contributed by atoms with E-state index in [1.807, 2.05) is 11.1 Å². The summed E-state index contributed by atoms with van der Waals surface area (Å²) in [6.45, 7) is 2.67. The molecule has 4 saturated carbocycles. The van der Waals surface area contributed by atoms with Gasteiger partial charge in [-0.25, -0.2) is 0 Å². The van der Waals surface area contributed by atoms with Gasteiger partial charge in [0.1, 0.15) is 0 Å². The molecule has 0 N–H and O–H groups in total. The first kappa shape index (κ1) is 10.9. The summed E-state index contributed by atoms with van der Waals surface area (Å²) in [6, 6.07) is 7.36. The topological polar surface area (TPSA) is 0 Å². The molecular weight excluding hydrogens is 240 g/mol. The van der Waals surface area contributed by atoms with E-state index in [1.165, 1.54) is 38.5 Å². The van der Waals surface area contributed by atoms with Crippen LogP contribution in [0.2, 0.25) is 0 Å². The second-order valence-corrected chi connectivity index (χ2v) is 9.02. The maximum Gasteiger partial charge on any atom is -0.00329 e. The van der Waals surface area contributed by atoms with Crippen molar-refractivity contribution in [3.8, 4) is 0 Å². The molecule has 0 amide bonds. The molecule has 2 unspecified atom stereocenters. The highest BCUT2D eigenvalue weighted by Crippen LogP contribution is 2.81. The fraction of sp³-hybridized carbons (Fsp3) is 0.700. The minimum absolute atomic E-state index is 0.595. The minimum atomic E-state index is 0.595. The Morgan fingerprint density at radius 3 is 2.95 bits per heavy atom. The summed E-state index contributed by atoms with van der Waals surface area (Å²) in [5.41, 5.74) is 7.43. The second-order valence-electron chi connectivity index (χ2n) is 9.02. The first-order valence-corrected chi connectivity index (χ1v) is 8.80. The Morgan fingerprint density at radius 2 is 2.00 bits per heavy atom. The van der Waals surface area contributed by atoms with E-state index in [-0.39, 0.29) is 0 Å². The van der Waals surface area contributed by atoms with Crippen LogP contribution in [0.4, 0.5) is 0 Å². The number of benzene rings is 1. The average molecular weight is 264 g/mol. The van der Waals surface area contributed by atoms with Gasteiger partial charge < -0.3 is 0 Å². The van der Waals surface area contributed by atoms with E-state index in [2.05, 4.69) is 25.1 Å². The van der Waals surface area contributed by atoms with Crippen molar-refractivity contribution in [1.82, 2.24) is 0 Å². The van der Waals surface area contributed by atoms with Crippen LogP contribution in [0.25, 0.3) is 0 Å². The highest BCUT2D eigenvalue weighted by molar-refractivity contribution is 5.51. The quantitative estimate of drug-likeness (QED) is 0.672. The lowest BCUT2D eigenvalue weighted by Crippen LogP contribution is -2.50. The molecule has 1 aromatic carbocycles. The van der Waals surface area contributed by atoms with E-state index in [0.717, 1.165) is 17.3 Å². The van der Waals surface area contributed by atoms with Crippen LogP contribution >= 0.6 is 0 Å². The monoisotopic (exact) mass is 264 g/mol. The zero-order valence-corrected chi connectivity index (χ0v) is 12.5. The van der Waals surface area contributed by atoms with Crippen molar-refractivity contribution in [2.45, 2.75) is 69.6 Å². The predicted molar refractivity (Wildman–Crippen MR) is 80.9 cm³/mol. The Balaban J connectivity index is 1.78. The van der Waals surface area contributed by atoms with Gasteiger partial charge in [0.2, 0.25) is 0 Å². The Labute approximate surface area is 122 Å². The molecule has 0 heterocycles. The molecule has 20 heavy (non-hydrogen) atoms. The highest BCUT2D eigenvalue weighted by atomic mass is 14.8. The standard InChI is InChI=1S/C20H24/c1-18-8-7-14-15-6-5-13-3-2-4-16(17(13)14)19(11-18)9-10-20(15,18)12-19/h2-4,14-15H,5-12H2,1H3/t14?,15?,18-,19+,20-/m1/s1. The number of hydrogen-bond donors (Lipinski definition) is 0. The summed E-state index contributed by atoms with van der Waals surface area (Å²) in [5, 5.41) is 0. The number of rotatable bonds is 1. The first-order valence-electron chi connectivity index (χ1n) is 8.80. The van der Waals surface area contributed by atoms with Crippen LogP contribution in [0.15, 0.2) is 18.2 Å². The summed E-state index contributed by atoms with van der Waals surface area (Å²) in [7, 11) is 0. The maximum absolute atomic E-state index is 2.67. The van der Waals surface area contributed by atoms with Crippen LogP contribution in [-0.2, 0) is 11.8 Å². The molecule has 6 rings (SSSR count). The van der Waals surface area contributed by atoms with Gasteiger partial charge >= 0.3 is 0 Å². The van der Waals surface area contributed by atoms with Crippen molar-refractivity contribution < 1.29 is 0 Å². The molecular formula is C20H24. The fourth-order valence-electron chi connectivity index (χ4n) is 8.18. The lowest BCUT2D eigenvalue weighted by molar-refractivity contribution is -0.0575. The third-order valence-corrected chi connectivity index (χ3v) is 8.70. The number of hydrogen-bond acceptors (Lipinski definition) is 0. The van der Waals surface area contributed by atoms with Gasteiger partial charge in [-0.05, 0) is 96.1 Å². The number of fused-ring (bicyclic) bond motifs is 4. The Hall–Kier alpha value is -0.780. The molecule has 0 saturated heterocycles. The van der Waals surface area contributed by atoms with Gasteiger partial charge in [0, 0.05) is 0 Å². The number of aryl methyl sites for hydroxylation is 1. The van der Waals surface area contributed by atoms with Gasteiger partial charge in [-0.1, -0.05) is 25.1 Å². The second kappa shape index (κ2) is 2.89. The molecule has 0 heteroatoms. The Kier molecular flexibility index (Phi) is 1.57. The van der Waals surface area contributed by atoms with Gasteiger partial charge in [0.15, 0.2) is 0 Å². The van der Waals surface area contributed by atoms with Crippen LogP contribution in [0.1, 0.15) is 74.5 Å². The first-order chi connectivity index (χ1) is 9.68. The molecule has 0 nitrogen and oxygen atoms in total. The Bertz CT molecular complexity index is 643. The van der Waals surface area contributed by atoms with Crippen molar-refractivity contribution in [3.05, 3.63) is 34.9 Å². The van der Waals surface area contributed by atoms with Crippen LogP contribution < -0.4 is 0 Å². The van der Waals surface area contributed by atoms with Crippen LogP contribution in [0.5, 0.6) is 0 Å². The summed E-state index contributed by atoms with van der Waals surface area (Å²) < 4.78 is 0. The summed E-state index contributed by atoms with van der Waals surface area (Å²) >= 11 is 0. The molecule has 0 aliphatic heterocycles. The zero-order chi connectivity index (χ0) is 13.2. The third-order valence-electron chi connectivity index (χ3n) is 8.70. The molecule has 5 aliphatic carbocycles. The smallest absolute Gasteiger partial charge is 0.00329 e.